The van der Waals surface area contributed by atoms with Gasteiger partial charge in [-0.2, -0.15) is 9.61 Å². The first kappa shape index (κ1) is 19.0. The molecule has 0 bridgehead atoms. The van der Waals surface area contributed by atoms with E-state index in [0.717, 1.165) is 32.7 Å². The number of rotatable bonds is 5. The normalized spacial score (nSPS) is 11.4. The Balaban J connectivity index is 1.28. The second-order valence-electron chi connectivity index (χ2n) is 6.82. The fraction of sp³-hybridized carbons (Fsp3) is 0.0435. The van der Waals surface area contributed by atoms with Crippen molar-refractivity contribution in [3.63, 3.8) is 0 Å². The molecule has 0 aliphatic heterocycles. The van der Waals surface area contributed by atoms with Crippen LogP contribution in [0.2, 0.25) is 0 Å². The number of furan rings is 1. The van der Waals surface area contributed by atoms with E-state index in [9.17, 15) is 4.79 Å². The lowest BCUT2D eigenvalue weighted by molar-refractivity contribution is -0.111. The molecule has 0 spiro atoms. The molecule has 5 aromatic rings. The van der Waals surface area contributed by atoms with Crippen molar-refractivity contribution in [3.05, 3.63) is 84.4 Å². The van der Waals surface area contributed by atoms with Crippen molar-refractivity contribution in [3.8, 4) is 21.9 Å². The predicted octanol–water partition coefficient (Wildman–Crippen LogP) is 5.07. The fourth-order valence-corrected chi connectivity index (χ4v) is 3.98. The molecule has 0 aliphatic carbocycles. The SMILES string of the molecule is Cc1nnc2sc(-c3cccc(NC(=O)/C=C/c4ccc(-c5ccccc5)o4)c3)nn12. The number of hydrogen-bond donors (Lipinski definition) is 1. The molecule has 0 aliphatic rings. The van der Waals surface area contributed by atoms with Crippen LogP contribution in [-0.2, 0) is 4.79 Å². The second kappa shape index (κ2) is 8.00. The van der Waals surface area contributed by atoms with Crippen LogP contribution in [0.5, 0.6) is 0 Å². The summed E-state index contributed by atoms with van der Waals surface area (Å²) in [6.07, 6.45) is 3.10. The van der Waals surface area contributed by atoms with Crippen LogP contribution in [0.4, 0.5) is 5.69 Å². The third-order valence-corrected chi connectivity index (χ3v) is 5.56. The minimum atomic E-state index is -0.246. The molecule has 2 aromatic carbocycles. The molecule has 5 rings (SSSR count). The van der Waals surface area contributed by atoms with Gasteiger partial charge < -0.3 is 9.73 Å². The molecule has 3 aromatic heterocycles. The molecule has 8 heteroatoms. The van der Waals surface area contributed by atoms with Gasteiger partial charge in [0, 0.05) is 22.9 Å². The molecule has 0 unspecified atom stereocenters. The van der Waals surface area contributed by atoms with E-state index in [1.165, 1.54) is 17.4 Å². The van der Waals surface area contributed by atoms with Crippen LogP contribution >= 0.6 is 11.3 Å². The van der Waals surface area contributed by atoms with E-state index in [0.29, 0.717) is 11.4 Å². The van der Waals surface area contributed by atoms with Crippen molar-refractivity contribution < 1.29 is 9.21 Å². The zero-order valence-electron chi connectivity index (χ0n) is 16.5. The van der Waals surface area contributed by atoms with Gasteiger partial charge in [0.1, 0.15) is 16.5 Å². The Morgan fingerprint density at radius 3 is 2.71 bits per heavy atom. The van der Waals surface area contributed by atoms with E-state index in [4.69, 9.17) is 4.42 Å². The average molecular weight is 427 g/mol. The standard InChI is InChI=1S/C23H17N5O2S/c1-15-25-26-23-28(15)27-22(31-23)17-8-5-9-18(14-17)24-21(29)13-11-19-10-12-20(30-19)16-6-3-2-4-7-16/h2-14H,1H3,(H,24,29)/b13-11+. The fourth-order valence-electron chi connectivity index (χ4n) is 3.10. The number of benzene rings is 2. The monoisotopic (exact) mass is 427 g/mol. The lowest BCUT2D eigenvalue weighted by Crippen LogP contribution is -2.07. The summed E-state index contributed by atoms with van der Waals surface area (Å²) >= 11 is 1.45. The molecule has 1 amide bonds. The van der Waals surface area contributed by atoms with Gasteiger partial charge >= 0.3 is 0 Å². The first-order valence-corrected chi connectivity index (χ1v) is 10.4. The first-order chi connectivity index (χ1) is 15.2. The zero-order valence-corrected chi connectivity index (χ0v) is 17.3. The van der Waals surface area contributed by atoms with Gasteiger partial charge in [-0.25, -0.2) is 0 Å². The van der Waals surface area contributed by atoms with Gasteiger partial charge in [0.2, 0.25) is 10.9 Å². The van der Waals surface area contributed by atoms with Crippen LogP contribution in [0.15, 0.2) is 77.2 Å². The Morgan fingerprint density at radius 2 is 1.87 bits per heavy atom. The van der Waals surface area contributed by atoms with Crippen molar-refractivity contribution in [2.45, 2.75) is 6.92 Å². The molecule has 0 saturated carbocycles. The summed E-state index contributed by atoms with van der Waals surface area (Å²) in [4.78, 5) is 13.1. The molecular weight excluding hydrogens is 410 g/mol. The maximum Gasteiger partial charge on any atom is 0.248 e. The van der Waals surface area contributed by atoms with Crippen LogP contribution < -0.4 is 5.32 Å². The van der Waals surface area contributed by atoms with Gasteiger partial charge in [-0.05, 0) is 37.3 Å². The van der Waals surface area contributed by atoms with Crippen LogP contribution in [0, 0.1) is 6.92 Å². The number of nitrogens with zero attached hydrogens (tertiary/aromatic N) is 4. The number of aryl methyl sites for hydroxylation is 1. The van der Waals surface area contributed by atoms with Crippen LogP contribution in [-0.4, -0.2) is 25.7 Å². The van der Waals surface area contributed by atoms with Crippen molar-refractivity contribution >= 4 is 34.0 Å². The predicted molar refractivity (Wildman–Crippen MR) is 121 cm³/mol. The summed E-state index contributed by atoms with van der Waals surface area (Å²) < 4.78 is 7.50. The molecule has 0 saturated heterocycles. The van der Waals surface area contributed by atoms with E-state index in [1.54, 1.807) is 10.6 Å². The number of carbonyl (C=O) groups is 1. The largest absolute Gasteiger partial charge is 0.457 e. The number of aromatic nitrogens is 4. The Hall–Kier alpha value is -4.04. The number of anilines is 1. The molecular formula is C23H17N5O2S. The highest BCUT2D eigenvalue weighted by Crippen LogP contribution is 2.27. The second-order valence-corrected chi connectivity index (χ2v) is 7.78. The van der Waals surface area contributed by atoms with Crippen molar-refractivity contribution in [1.29, 1.82) is 0 Å². The Bertz CT molecular complexity index is 1400. The highest BCUT2D eigenvalue weighted by Gasteiger charge is 2.11. The minimum Gasteiger partial charge on any atom is -0.457 e. The van der Waals surface area contributed by atoms with E-state index < -0.39 is 0 Å². The number of hydrogen-bond acceptors (Lipinski definition) is 6. The average Bonchev–Trinajstić information content (AvgIpc) is 3.51. The maximum absolute atomic E-state index is 12.4. The Labute approximate surface area is 181 Å². The van der Waals surface area contributed by atoms with Gasteiger partial charge in [0.05, 0.1) is 0 Å². The summed E-state index contributed by atoms with van der Waals surface area (Å²) in [7, 11) is 0. The van der Waals surface area contributed by atoms with Gasteiger partial charge in [-0.3, -0.25) is 4.79 Å². The molecule has 0 fully saturated rings. The summed E-state index contributed by atoms with van der Waals surface area (Å²) in [5, 5.41) is 16.3. The van der Waals surface area contributed by atoms with E-state index in [2.05, 4.69) is 20.6 Å². The summed E-state index contributed by atoms with van der Waals surface area (Å²) in [6, 6.07) is 21.1. The first-order valence-electron chi connectivity index (χ1n) is 9.59. The van der Waals surface area contributed by atoms with Crippen LogP contribution in [0.3, 0.4) is 0 Å². The molecule has 152 valence electrons. The Kier molecular flexibility index (Phi) is 4.89. The highest BCUT2D eigenvalue weighted by molar-refractivity contribution is 7.19. The van der Waals surface area contributed by atoms with E-state index in [1.807, 2.05) is 73.7 Å². The van der Waals surface area contributed by atoms with Crippen molar-refractivity contribution in [2.75, 3.05) is 5.32 Å². The lowest BCUT2D eigenvalue weighted by atomic mass is 10.2. The number of amides is 1. The third-order valence-electron chi connectivity index (χ3n) is 4.61. The summed E-state index contributed by atoms with van der Waals surface area (Å²) in [5.74, 6) is 1.86. The zero-order chi connectivity index (χ0) is 21.2. The van der Waals surface area contributed by atoms with Crippen LogP contribution in [0.1, 0.15) is 11.6 Å². The van der Waals surface area contributed by atoms with Crippen molar-refractivity contribution in [1.82, 2.24) is 19.8 Å². The van der Waals surface area contributed by atoms with Crippen LogP contribution in [0.25, 0.3) is 32.9 Å². The lowest BCUT2D eigenvalue weighted by Gasteiger charge is -2.03. The topological polar surface area (TPSA) is 85.3 Å². The van der Waals surface area contributed by atoms with Gasteiger partial charge in [0.25, 0.3) is 0 Å². The summed E-state index contributed by atoms with van der Waals surface area (Å²) in [6.45, 7) is 1.86. The molecule has 0 atom stereocenters. The summed E-state index contributed by atoms with van der Waals surface area (Å²) in [5.41, 5.74) is 2.57. The smallest absolute Gasteiger partial charge is 0.248 e. The van der Waals surface area contributed by atoms with E-state index in [-0.39, 0.29) is 5.91 Å². The molecule has 3 heterocycles. The van der Waals surface area contributed by atoms with Gasteiger partial charge in [-0.1, -0.05) is 53.8 Å². The van der Waals surface area contributed by atoms with Gasteiger partial charge in [-0.15, -0.1) is 10.2 Å². The third kappa shape index (κ3) is 4.01. The maximum atomic E-state index is 12.4. The quantitative estimate of drug-likeness (QED) is 0.396. The number of carbonyl (C=O) groups excluding carboxylic acids is 1. The van der Waals surface area contributed by atoms with Crippen molar-refractivity contribution in [2.24, 2.45) is 0 Å². The Morgan fingerprint density at radius 1 is 1.03 bits per heavy atom. The van der Waals surface area contributed by atoms with Gasteiger partial charge in [0.15, 0.2) is 5.82 Å². The van der Waals surface area contributed by atoms with E-state index >= 15 is 0 Å². The molecule has 0 radical (unpaired) electrons. The number of nitrogens with one attached hydrogen (secondary N) is 1. The molecule has 7 nitrogen and oxygen atoms in total. The molecule has 31 heavy (non-hydrogen) atoms. The minimum absolute atomic E-state index is 0.246. The molecule has 1 N–H and O–H groups in total. The number of fused-ring (bicyclic) bond motifs is 1. The highest BCUT2D eigenvalue weighted by atomic mass is 32.1.